The lowest BCUT2D eigenvalue weighted by molar-refractivity contribution is 0.0904. The van der Waals surface area contributed by atoms with Crippen LogP contribution in [0.2, 0.25) is 0 Å². The third-order valence-electron chi connectivity index (χ3n) is 4.91. The summed E-state index contributed by atoms with van der Waals surface area (Å²) in [6, 6.07) is 5.82. The molecule has 0 aliphatic carbocycles. The molecule has 11 heteroatoms. The molecule has 176 valence electrons. The van der Waals surface area contributed by atoms with E-state index in [4.69, 9.17) is 19.2 Å². The number of sulfonamides is 1. The number of ether oxygens (including phenoxy) is 3. The normalized spacial score (nSPS) is 17.0. The van der Waals surface area contributed by atoms with Crippen LogP contribution >= 0.6 is 24.0 Å². The summed E-state index contributed by atoms with van der Waals surface area (Å²) in [5.41, 5.74) is 1.03. The highest BCUT2D eigenvalue weighted by Gasteiger charge is 2.28. The highest BCUT2D eigenvalue weighted by molar-refractivity contribution is 14.0. The molecule has 1 N–H and O–H groups in total. The average Bonchev–Trinajstić information content (AvgIpc) is 3.18. The zero-order valence-electron chi connectivity index (χ0n) is 18.4. The predicted molar refractivity (Wildman–Crippen MR) is 131 cm³/mol. The molecular formula is C20H33IN4O5S. The Morgan fingerprint density at radius 2 is 1.90 bits per heavy atom. The van der Waals surface area contributed by atoms with Crippen LogP contribution in [-0.2, 0) is 21.3 Å². The lowest BCUT2D eigenvalue weighted by atomic mass is 10.2. The van der Waals surface area contributed by atoms with E-state index in [0.717, 1.165) is 29.6 Å². The number of guanidine groups is 1. The molecule has 1 aromatic carbocycles. The monoisotopic (exact) mass is 568 g/mol. The highest BCUT2D eigenvalue weighted by atomic mass is 127. The van der Waals surface area contributed by atoms with Crippen molar-refractivity contribution >= 4 is 40.0 Å². The molecule has 0 atom stereocenters. The topological polar surface area (TPSA) is 92.7 Å². The van der Waals surface area contributed by atoms with Crippen molar-refractivity contribution in [1.82, 2.24) is 14.5 Å². The van der Waals surface area contributed by atoms with E-state index in [0.29, 0.717) is 32.7 Å². The molecule has 3 rings (SSSR count). The van der Waals surface area contributed by atoms with Crippen molar-refractivity contribution in [2.45, 2.75) is 33.4 Å². The van der Waals surface area contributed by atoms with E-state index in [2.05, 4.69) is 10.2 Å². The summed E-state index contributed by atoms with van der Waals surface area (Å²) in [6.45, 7) is 9.61. The van der Waals surface area contributed by atoms with Crippen LogP contribution in [0, 0.1) is 0 Å². The number of hydrogen-bond donors (Lipinski definition) is 1. The largest absolute Gasteiger partial charge is 0.454 e. The van der Waals surface area contributed by atoms with E-state index < -0.39 is 10.0 Å². The van der Waals surface area contributed by atoms with Gasteiger partial charge in [-0.15, -0.1) is 24.0 Å². The summed E-state index contributed by atoms with van der Waals surface area (Å²) in [6.07, 6.45) is 0.0284. The van der Waals surface area contributed by atoms with Gasteiger partial charge in [0.2, 0.25) is 16.8 Å². The molecule has 9 nitrogen and oxygen atoms in total. The smallest absolute Gasteiger partial charge is 0.231 e. The number of fused-ring (bicyclic) bond motifs is 1. The molecule has 2 heterocycles. The maximum Gasteiger partial charge on any atom is 0.231 e. The van der Waals surface area contributed by atoms with Gasteiger partial charge >= 0.3 is 0 Å². The molecule has 0 saturated carbocycles. The van der Waals surface area contributed by atoms with Crippen molar-refractivity contribution in [3.63, 3.8) is 0 Å². The molecule has 2 aliphatic rings. The zero-order valence-corrected chi connectivity index (χ0v) is 21.5. The van der Waals surface area contributed by atoms with Gasteiger partial charge in [0.25, 0.3) is 0 Å². The lowest BCUT2D eigenvalue weighted by Crippen LogP contribution is -2.54. The van der Waals surface area contributed by atoms with E-state index in [1.54, 1.807) is 4.31 Å². The number of benzene rings is 1. The number of halogens is 1. The van der Waals surface area contributed by atoms with Crippen LogP contribution in [-0.4, -0.2) is 81.6 Å². The number of piperazine rings is 1. The standard InChI is InChI=1S/C20H32N4O5S.HI/c1-4-21-20(22-14-17-5-6-18-19(13-17)29-15-28-18)23-7-9-24(10-8-23)30(25,26)12-11-27-16(2)3;/h5-6,13,16H,4,7-12,14-15H2,1-3H3,(H,21,22);1H. The summed E-state index contributed by atoms with van der Waals surface area (Å²) in [4.78, 5) is 6.84. The van der Waals surface area contributed by atoms with Gasteiger partial charge in [0.05, 0.1) is 25.0 Å². The summed E-state index contributed by atoms with van der Waals surface area (Å²) in [5, 5.41) is 3.31. The summed E-state index contributed by atoms with van der Waals surface area (Å²) in [5.74, 6) is 2.30. The fourth-order valence-electron chi connectivity index (χ4n) is 3.33. The van der Waals surface area contributed by atoms with Gasteiger partial charge < -0.3 is 24.4 Å². The Hall–Kier alpha value is -1.31. The van der Waals surface area contributed by atoms with Crippen LogP contribution in [0.1, 0.15) is 26.3 Å². The van der Waals surface area contributed by atoms with Crippen molar-refractivity contribution in [3.8, 4) is 11.5 Å². The first kappa shape index (κ1) is 25.9. The van der Waals surface area contributed by atoms with E-state index >= 15 is 0 Å². The van der Waals surface area contributed by atoms with Crippen LogP contribution in [0.25, 0.3) is 0 Å². The van der Waals surface area contributed by atoms with Crippen molar-refractivity contribution < 1.29 is 22.6 Å². The second-order valence-corrected chi connectivity index (χ2v) is 9.57. The SMILES string of the molecule is CCNC(=NCc1ccc2c(c1)OCO2)N1CCN(S(=O)(=O)CCOC(C)C)CC1.I. The predicted octanol–water partition coefficient (Wildman–Crippen LogP) is 1.87. The Balaban J connectivity index is 0.00000341. The Morgan fingerprint density at radius 1 is 1.19 bits per heavy atom. The Morgan fingerprint density at radius 3 is 2.58 bits per heavy atom. The number of nitrogens with zero attached hydrogens (tertiary/aromatic N) is 3. The zero-order chi connectivity index (χ0) is 21.6. The fraction of sp³-hybridized carbons (Fsp3) is 0.650. The molecule has 0 amide bonds. The quantitative estimate of drug-likeness (QED) is 0.291. The third kappa shape index (κ3) is 7.36. The maximum absolute atomic E-state index is 12.5. The van der Waals surface area contributed by atoms with Crippen molar-refractivity contribution in [2.24, 2.45) is 4.99 Å². The van der Waals surface area contributed by atoms with Crippen LogP contribution in [0.5, 0.6) is 11.5 Å². The van der Waals surface area contributed by atoms with Crippen molar-refractivity contribution in [2.75, 3.05) is 51.9 Å². The van der Waals surface area contributed by atoms with E-state index in [9.17, 15) is 8.42 Å². The highest BCUT2D eigenvalue weighted by Crippen LogP contribution is 2.32. The van der Waals surface area contributed by atoms with Crippen LogP contribution in [0.4, 0.5) is 0 Å². The van der Waals surface area contributed by atoms with Gasteiger partial charge in [-0.1, -0.05) is 6.07 Å². The minimum atomic E-state index is -3.31. The summed E-state index contributed by atoms with van der Waals surface area (Å²) >= 11 is 0. The van der Waals surface area contributed by atoms with Gasteiger partial charge in [-0.05, 0) is 38.5 Å². The summed E-state index contributed by atoms with van der Waals surface area (Å²) < 4.78 is 42.8. The van der Waals surface area contributed by atoms with Crippen LogP contribution < -0.4 is 14.8 Å². The average molecular weight is 568 g/mol. The molecule has 2 aliphatic heterocycles. The number of nitrogens with one attached hydrogen (secondary N) is 1. The Labute approximate surface area is 202 Å². The first-order valence-electron chi connectivity index (χ1n) is 10.4. The van der Waals surface area contributed by atoms with E-state index in [-0.39, 0.29) is 49.2 Å². The van der Waals surface area contributed by atoms with Gasteiger partial charge in [-0.3, -0.25) is 0 Å². The van der Waals surface area contributed by atoms with Gasteiger partial charge in [-0.25, -0.2) is 13.4 Å². The second kappa shape index (κ2) is 12.1. The molecule has 0 radical (unpaired) electrons. The van der Waals surface area contributed by atoms with Gasteiger partial charge in [0, 0.05) is 32.7 Å². The first-order chi connectivity index (χ1) is 14.4. The molecule has 31 heavy (non-hydrogen) atoms. The molecule has 1 fully saturated rings. The minimum Gasteiger partial charge on any atom is -0.454 e. The number of aliphatic imine (C=N–C) groups is 1. The van der Waals surface area contributed by atoms with Crippen molar-refractivity contribution in [3.05, 3.63) is 23.8 Å². The Kier molecular flexibility index (Phi) is 10.1. The van der Waals surface area contributed by atoms with Gasteiger partial charge in [0.15, 0.2) is 17.5 Å². The maximum atomic E-state index is 12.5. The fourth-order valence-corrected chi connectivity index (χ4v) is 4.61. The van der Waals surface area contributed by atoms with Crippen LogP contribution in [0.3, 0.4) is 0 Å². The van der Waals surface area contributed by atoms with E-state index in [1.165, 1.54) is 0 Å². The van der Waals surface area contributed by atoms with Gasteiger partial charge in [0.1, 0.15) is 0 Å². The molecule has 0 unspecified atom stereocenters. The first-order valence-corrected chi connectivity index (χ1v) is 12.0. The van der Waals surface area contributed by atoms with E-state index in [1.807, 2.05) is 39.0 Å². The van der Waals surface area contributed by atoms with Gasteiger partial charge in [-0.2, -0.15) is 4.31 Å². The second-order valence-electron chi connectivity index (χ2n) is 7.48. The minimum absolute atomic E-state index is 0. The molecular weight excluding hydrogens is 535 g/mol. The van der Waals surface area contributed by atoms with Crippen molar-refractivity contribution in [1.29, 1.82) is 0 Å². The lowest BCUT2D eigenvalue weighted by Gasteiger charge is -2.36. The van der Waals surface area contributed by atoms with Crippen LogP contribution in [0.15, 0.2) is 23.2 Å². The number of hydrogen-bond acceptors (Lipinski definition) is 6. The molecule has 1 saturated heterocycles. The number of rotatable bonds is 8. The molecule has 0 spiro atoms. The molecule has 0 bridgehead atoms. The Bertz CT molecular complexity index is 842. The molecule has 1 aromatic rings. The summed E-state index contributed by atoms with van der Waals surface area (Å²) in [7, 11) is -3.31. The third-order valence-corrected chi connectivity index (χ3v) is 6.74. The molecule has 0 aromatic heterocycles.